The van der Waals surface area contributed by atoms with Crippen molar-refractivity contribution in [2.45, 2.75) is 129 Å². The van der Waals surface area contributed by atoms with Crippen molar-refractivity contribution in [3.63, 3.8) is 0 Å². The lowest BCUT2D eigenvalue weighted by molar-refractivity contribution is -0.0280. The van der Waals surface area contributed by atoms with Crippen LogP contribution in [-0.2, 0) is 56.8 Å². The Hall–Kier alpha value is -1.95. The summed E-state index contributed by atoms with van der Waals surface area (Å²) >= 11 is 0. The first kappa shape index (κ1) is 61.1. The topological polar surface area (TPSA) is 140 Å². The van der Waals surface area contributed by atoms with Gasteiger partial charge in [0.05, 0.1) is 144 Å². The van der Waals surface area contributed by atoms with E-state index in [0.717, 1.165) is 38.1 Å². The number of benzene rings is 1. The highest BCUT2D eigenvalue weighted by atomic mass is 16.6. The quantitative estimate of drug-likeness (QED) is 0.0490. The molecule has 382 valence electrons. The second-order valence-corrected chi connectivity index (χ2v) is 16.0. The first-order chi connectivity index (χ1) is 32.3. The average molecular weight is 930 g/mol. The van der Waals surface area contributed by atoms with Gasteiger partial charge in [-0.2, -0.15) is 0 Å². The molecule has 0 fully saturated rings. The highest BCUT2D eigenvalue weighted by Crippen LogP contribution is 2.14. The number of unbranched alkanes of at least 4 members (excludes halogenated alkanes) is 16. The van der Waals surface area contributed by atoms with Crippen LogP contribution < -0.4 is 5.32 Å². The molecule has 65 heavy (non-hydrogen) atoms. The Morgan fingerprint density at radius 1 is 0.323 bits per heavy atom. The van der Waals surface area contributed by atoms with E-state index in [9.17, 15) is 4.79 Å². The van der Waals surface area contributed by atoms with Crippen molar-refractivity contribution in [3.8, 4) is 0 Å². The van der Waals surface area contributed by atoms with Gasteiger partial charge in [0.1, 0.15) is 6.61 Å². The van der Waals surface area contributed by atoms with E-state index in [1.807, 2.05) is 12.1 Å². The van der Waals surface area contributed by atoms with Crippen molar-refractivity contribution in [2.75, 3.05) is 164 Å². The Kier molecular flexibility index (Phi) is 49.8. The summed E-state index contributed by atoms with van der Waals surface area (Å²) in [5.41, 5.74) is 1.52. The zero-order valence-electron chi connectivity index (χ0n) is 41.3. The van der Waals surface area contributed by atoms with Crippen molar-refractivity contribution in [2.24, 2.45) is 0 Å². The number of carbonyl (C=O) groups is 1. The van der Waals surface area contributed by atoms with Crippen LogP contribution in [-0.4, -0.2) is 164 Å². The van der Waals surface area contributed by atoms with Crippen molar-refractivity contribution in [1.29, 1.82) is 0 Å². The normalized spacial score (nSPS) is 11.5. The molecular formula is C51H95NO13. The number of anilines is 1. The zero-order valence-corrected chi connectivity index (χ0v) is 41.3. The lowest BCUT2D eigenvalue weighted by Crippen LogP contribution is -2.15. The summed E-state index contributed by atoms with van der Waals surface area (Å²) in [5.74, 6) is -0.359. The monoisotopic (exact) mass is 930 g/mol. The van der Waals surface area contributed by atoms with Crippen LogP contribution in [0.15, 0.2) is 24.3 Å². The molecule has 0 aliphatic rings. The van der Waals surface area contributed by atoms with Crippen LogP contribution in [0, 0.1) is 0 Å². The molecule has 0 aliphatic heterocycles. The van der Waals surface area contributed by atoms with Gasteiger partial charge in [0.25, 0.3) is 0 Å². The third kappa shape index (κ3) is 46.9. The molecule has 1 rings (SSSR count). The van der Waals surface area contributed by atoms with Gasteiger partial charge in [-0.15, -0.1) is 0 Å². The Morgan fingerprint density at radius 3 is 0.892 bits per heavy atom. The van der Waals surface area contributed by atoms with Gasteiger partial charge < -0.3 is 62.2 Å². The van der Waals surface area contributed by atoms with Crippen molar-refractivity contribution in [3.05, 3.63) is 29.8 Å². The highest BCUT2D eigenvalue weighted by Gasteiger charge is 2.07. The molecule has 0 spiro atoms. The van der Waals surface area contributed by atoms with Crippen LogP contribution in [0.1, 0.15) is 140 Å². The van der Waals surface area contributed by atoms with Crippen LogP contribution in [0.4, 0.5) is 5.69 Å². The van der Waals surface area contributed by atoms with E-state index in [-0.39, 0.29) is 12.6 Å². The van der Waals surface area contributed by atoms with E-state index in [0.29, 0.717) is 144 Å². The average Bonchev–Trinajstić information content (AvgIpc) is 3.32. The summed E-state index contributed by atoms with van der Waals surface area (Å²) < 4.78 is 66.2. The largest absolute Gasteiger partial charge is 0.460 e. The van der Waals surface area contributed by atoms with Crippen LogP contribution in [0.2, 0.25) is 0 Å². The molecule has 0 aromatic heterocycles. The van der Waals surface area contributed by atoms with Crippen LogP contribution in [0.5, 0.6) is 0 Å². The second kappa shape index (κ2) is 53.0. The predicted octanol–water partition coefficient (Wildman–Crippen LogP) is 9.50. The Balaban J connectivity index is 1.64. The van der Waals surface area contributed by atoms with E-state index in [1.165, 1.54) is 96.3 Å². The number of esters is 1. The minimum atomic E-state index is -0.359. The Morgan fingerprint density at radius 2 is 0.585 bits per heavy atom. The van der Waals surface area contributed by atoms with Crippen LogP contribution in [0.25, 0.3) is 0 Å². The molecule has 14 nitrogen and oxygen atoms in total. The molecule has 0 heterocycles. The third-order valence-corrected chi connectivity index (χ3v) is 10.3. The zero-order chi connectivity index (χ0) is 46.5. The molecule has 0 amide bonds. The smallest absolute Gasteiger partial charge is 0.338 e. The van der Waals surface area contributed by atoms with Gasteiger partial charge in [-0.05, 0) is 37.1 Å². The fraction of sp³-hybridized carbons (Fsp3) is 0.863. The van der Waals surface area contributed by atoms with Crippen LogP contribution in [0.3, 0.4) is 0 Å². The van der Waals surface area contributed by atoms with Gasteiger partial charge in [-0.25, -0.2) is 4.79 Å². The summed E-state index contributed by atoms with van der Waals surface area (Å²) in [7, 11) is 0. The number of nitrogens with one attached hydrogen (secondary N) is 1. The van der Waals surface area contributed by atoms with Gasteiger partial charge >= 0.3 is 5.97 Å². The van der Waals surface area contributed by atoms with Gasteiger partial charge in [-0.1, -0.05) is 117 Å². The fourth-order valence-corrected chi connectivity index (χ4v) is 6.46. The maximum absolute atomic E-state index is 12.2. The standard InChI is InChI=1S/C51H95NO13/c1-3-5-7-8-9-10-11-12-13-14-15-16-17-18-19-20-26-54-27-28-55-29-30-56-31-32-57-33-34-58-35-36-59-37-38-60-39-40-61-41-42-62-43-44-63-45-46-64-47-48-65-51(53)49-21-23-50(24-22-49)52-25-6-4-2/h21-24,52H,3-20,25-48H2,1-2H3. The summed E-state index contributed by atoms with van der Waals surface area (Å²) in [5, 5.41) is 3.32. The molecule has 0 aliphatic carbocycles. The second-order valence-electron chi connectivity index (χ2n) is 16.0. The fourth-order valence-electron chi connectivity index (χ4n) is 6.46. The van der Waals surface area contributed by atoms with Crippen molar-refractivity contribution in [1.82, 2.24) is 0 Å². The van der Waals surface area contributed by atoms with Crippen molar-refractivity contribution < 1.29 is 61.6 Å². The number of hydrogen-bond acceptors (Lipinski definition) is 14. The third-order valence-electron chi connectivity index (χ3n) is 10.3. The Bertz CT molecular complexity index is 1070. The maximum atomic E-state index is 12.2. The molecule has 0 atom stereocenters. The van der Waals surface area contributed by atoms with Crippen molar-refractivity contribution >= 4 is 11.7 Å². The minimum Gasteiger partial charge on any atom is -0.460 e. The number of carbonyl (C=O) groups excluding carboxylic acids is 1. The SMILES string of the molecule is CCCCCCCCCCCCCCCCCCOCCOCCOCCOCCOCCOCCOCCOCCOCCOCCOCCOC(=O)c1ccc(NCCCC)cc1. The first-order valence-corrected chi connectivity index (χ1v) is 25.6. The first-order valence-electron chi connectivity index (χ1n) is 25.6. The Labute approximate surface area is 395 Å². The van der Waals surface area contributed by atoms with Gasteiger partial charge in [0, 0.05) is 18.8 Å². The van der Waals surface area contributed by atoms with Gasteiger partial charge in [-0.3, -0.25) is 0 Å². The molecule has 0 bridgehead atoms. The van der Waals surface area contributed by atoms with Crippen LogP contribution >= 0.6 is 0 Å². The van der Waals surface area contributed by atoms with E-state index >= 15 is 0 Å². The molecule has 0 unspecified atom stereocenters. The predicted molar refractivity (Wildman–Crippen MR) is 259 cm³/mol. The van der Waals surface area contributed by atoms with Gasteiger partial charge in [0.2, 0.25) is 0 Å². The maximum Gasteiger partial charge on any atom is 0.338 e. The molecule has 1 aromatic rings. The molecule has 0 saturated heterocycles. The van der Waals surface area contributed by atoms with E-state index in [4.69, 9.17) is 56.8 Å². The summed E-state index contributed by atoms with van der Waals surface area (Å²) in [4.78, 5) is 12.2. The number of rotatable bonds is 55. The lowest BCUT2D eigenvalue weighted by Gasteiger charge is -2.09. The molecule has 1 aromatic carbocycles. The highest BCUT2D eigenvalue weighted by molar-refractivity contribution is 5.89. The molecule has 14 heteroatoms. The number of hydrogen-bond donors (Lipinski definition) is 1. The summed E-state index contributed by atoms with van der Waals surface area (Å²) in [6.45, 7) is 16.9. The van der Waals surface area contributed by atoms with E-state index in [1.54, 1.807) is 12.1 Å². The lowest BCUT2D eigenvalue weighted by atomic mass is 10.0. The summed E-state index contributed by atoms with van der Waals surface area (Å²) in [6.07, 6.45) is 24.4. The minimum absolute atomic E-state index is 0.191. The van der Waals surface area contributed by atoms with E-state index < -0.39 is 0 Å². The van der Waals surface area contributed by atoms with Gasteiger partial charge in [0.15, 0.2) is 0 Å². The molecular weight excluding hydrogens is 835 g/mol. The number of ether oxygens (including phenoxy) is 12. The van der Waals surface area contributed by atoms with E-state index in [2.05, 4.69) is 19.2 Å². The molecule has 1 N–H and O–H groups in total. The summed E-state index contributed by atoms with van der Waals surface area (Å²) in [6, 6.07) is 7.31. The molecule has 0 saturated carbocycles. The molecule has 0 radical (unpaired) electrons.